The first-order valence-electron chi connectivity index (χ1n) is 9.42. The van der Waals surface area contributed by atoms with Crippen molar-refractivity contribution in [2.24, 2.45) is 0 Å². The highest BCUT2D eigenvalue weighted by Gasteiger charge is 2.11. The molecule has 4 rings (SSSR count). The van der Waals surface area contributed by atoms with Crippen molar-refractivity contribution < 1.29 is 9.53 Å². The number of benzene rings is 3. The van der Waals surface area contributed by atoms with Crippen molar-refractivity contribution in [3.63, 3.8) is 0 Å². The lowest BCUT2D eigenvalue weighted by Crippen LogP contribution is -2.34. The molecule has 0 aliphatic heterocycles. The zero-order valence-electron chi connectivity index (χ0n) is 16.2. The average Bonchev–Trinajstić information content (AvgIpc) is 3.22. The highest BCUT2D eigenvalue weighted by molar-refractivity contribution is 7.80. The number of amides is 1. The summed E-state index contributed by atoms with van der Waals surface area (Å²) in [5.74, 6) is 0.337. The van der Waals surface area contributed by atoms with Gasteiger partial charge in [-0.25, -0.2) is 4.98 Å². The van der Waals surface area contributed by atoms with E-state index < -0.39 is 0 Å². The quantitative estimate of drug-likeness (QED) is 0.408. The van der Waals surface area contributed by atoms with Gasteiger partial charge in [0.1, 0.15) is 5.75 Å². The van der Waals surface area contributed by atoms with Crippen molar-refractivity contribution in [2.75, 3.05) is 11.9 Å². The molecule has 0 fully saturated rings. The van der Waals surface area contributed by atoms with Gasteiger partial charge in [0.2, 0.25) is 0 Å². The van der Waals surface area contributed by atoms with Gasteiger partial charge in [0.05, 0.1) is 12.3 Å². The minimum Gasteiger partial charge on any atom is -0.494 e. The molecule has 0 saturated heterocycles. The molecule has 4 aromatic rings. The van der Waals surface area contributed by atoms with Crippen molar-refractivity contribution in [1.82, 2.24) is 10.3 Å². The lowest BCUT2D eigenvalue weighted by atomic mass is 10.1. The van der Waals surface area contributed by atoms with E-state index in [2.05, 4.69) is 39.9 Å². The molecule has 0 radical (unpaired) electrons. The third kappa shape index (κ3) is 4.64. The number of fused-ring (bicyclic) bond motifs is 1. The summed E-state index contributed by atoms with van der Waals surface area (Å²) < 4.78 is 5.43. The second-order valence-electron chi connectivity index (χ2n) is 6.47. The first-order valence-corrected chi connectivity index (χ1v) is 10.7. The summed E-state index contributed by atoms with van der Waals surface area (Å²) in [6.07, 6.45) is 0. The van der Waals surface area contributed by atoms with Gasteiger partial charge in [0.25, 0.3) is 5.91 Å². The Morgan fingerprint density at radius 1 is 1.07 bits per heavy atom. The van der Waals surface area contributed by atoms with Crippen LogP contribution in [0.1, 0.15) is 17.3 Å². The summed E-state index contributed by atoms with van der Waals surface area (Å²) in [5, 5.41) is 10.8. The number of thiocarbonyl (C=S) groups is 1. The molecule has 1 heterocycles. The third-order valence-corrected chi connectivity index (χ3v) is 5.37. The Morgan fingerprint density at radius 3 is 2.73 bits per heavy atom. The number of aromatic nitrogens is 1. The summed E-state index contributed by atoms with van der Waals surface area (Å²) in [6.45, 7) is 2.43. The fraction of sp³-hybridized carbons (Fsp3) is 0.0870. The van der Waals surface area contributed by atoms with Gasteiger partial charge >= 0.3 is 0 Å². The summed E-state index contributed by atoms with van der Waals surface area (Å²) in [5.41, 5.74) is 2.36. The Morgan fingerprint density at radius 2 is 1.90 bits per heavy atom. The number of ether oxygens (including phenoxy) is 1. The first kappa shape index (κ1) is 20.0. The molecule has 3 aromatic carbocycles. The van der Waals surface area contributed by atoms with E-state index >= 15 is 0 Å². The maximum Gasteiger partial charge on any atom is 0.257 e. The van der Waals surface area contributed by atoms with Crippen LogP contribution in [0.15, 0.2) is 72.1 Å². The molecule has 0 atom stereocenters. The zero-order valence-corrected chi connectivity index (χ0v) is 17.8. The standard InChI is InChI=1S/C23H19N3O2S2/c1-2-28-19-9-5-8-18(13-19)21(27)25-22(29)26-23-24-20(14-30-23)17-11-10-15-6-3-4-7-16(15)12-17/h3-14H,2H2,1H3,(H2,24,25,26,27,29). The fourth-order valence-electron chi connectivity index (χ4n) is 3.01. The van der Waals surface area contributed by atoms with E-state index in [1.165, 1.54) is 16.7 Å². The average molecular weight is 434 g/mol. The SMILES string of the molecule is CCOc1cccc(C(=O)NC(=S)Nc2nc(-c3ccc4ccccc4c3)cs2)c1. The van der Waals surface area contributed by atoms with Gasteiger partial charge in [-0.15, -0.1) is 11.3 Å². The van der Waals surface area contributed by atoms with Crippen LogP contribution < -0.4 is 15.4 Å². The van der Waals surface area contributed by atoms with Gasteiger partial charge in [0.15, 0.2) is 10.2 Å². The topological polar surface area (TPSA) is 63.2 Å². The van der Waals surface area contributed by atoms with Gasteiger partial charge in [-0.1, -0.05) is 42.5 Å². The van der Waals surface area contributed by atoms with E-state index in [-0.39, 0.29) is 11.0 Å². The van der Waals surface area contributed by atoms with Crippen LogP contribution in [-0.4, -0.2) is 22.6 Å². The Kier molecular flexibility index (Phi) is 6.02. The number of carbonyl (C=O) groups excluding carboxylic acids is 1. The molecule has 7 heteroatoms. The van der Waals surface area contributed by atoms with Crippen molar-refractivity contribution in [3.05, 3.63) is 77.7 Å². The van der Waals surface area contributed by atoms with Crippen molar-refractivity contribution in [2.45, 2.75) is 6.92 Å². The minimum atomic E-state index is -0.305. The molecule has 1 amide bonds. The lowest BCUT2D eigenvalue weighted by molar-refractivity contribution is 0.0977. The van der Waals surface area contributed by atoms with Crippen LogP contribution in [0.25, 0.3) is 22.0 Å². The maximum atomic E-state index is 12.4. The van der Waals surface area contributed by atoms with Crippen molar-refractivity contribution in [1.29, 1.82) is 0 Å². The minimum absolute atomic E-state index is 0.196. The normalized spacial score (nSPS) is 10.6. The zero-order chi connectivity index (χ0) is 20.9. The number of hydrogen-bond acceptors (Lipinski definition) is 5. The van der Waals surface area contributed by atoms with Crippen LogP contribution in [0.4, 0.5) is 5.13 Å². The number of thiazole rings is 1. The summed E-state index contributed by atoms with van der Waals surface area (Å²) in [7, 11) is 0. The Labute approximate surface area is 183 Å². The second kappa shape index (κ2) is 9.02. The van der Waals surface area contributed by atoms with E-state index in [1.54, 1.807) is 24.3 Å². The number of rotatable bonds is 5. The van der Waals surface area contributed by atoms with E-state index in [1.807, 2.05) is 30.5 Å². The summed E-state index contributed by atoms with van der Waals surface area (Å²) >= 11 is 6.71. The molecule has 0 spiro atoms. The summed E-state index contributed by atoms with van der Waals surface area (Å²) in [6, 6.07) is 21.4. The maximum absolute atomic E-state index is 12.4. The van der Waals surface area contributed by atoms with E-state index in [0.29, 0.717) is 23.1 Å². The van der Waals surface area contributed by atoms with Crippen LogP contribution in [0.5, 0.6) is 5.75 Å². The molecule has 0 aliphatic rings. The van der Waals surface area contributed by atoms with Gasteiger partial charge in [-0.3, -0.25) is 10.1 Å². The van der Waals surface area contributed by atoms with Crippen LogP contribution in [0.3, 0.4) is 0 Å². The van der Waals surface area contributed by atoms with E-state index in [4.69, 9.17) is 17.0 Å². The van der Waals surface area contributed by atoms with Gasteiger partial charge in [-0.05, 0) is 54.2 Å². The monoisotopic (exact) mass is 433 g/mol. The predicted molar refractivity (Wildman–Crippen MR) is 126 cm³/mol. The van der Waals surface area contributed by atoms with Gasteiger partial charge < -0.3 is 10.1 Å². The number of hydrogen-bond donors (Lipinski definition) is 2. The molecular formula is C23H19N3O2S2. The molecule has 5 nitrogen and oxygen atoms in total. The lowest BCUT2D eigenvalue weighted by Gasteiger charge is -2.08. The van der Waals surface area contributed by atoms with Crippen LogP contribution in [0.2, 0.25) is 0 Å². The Balaban J connectivity index is 1.42. The van der Waals surface area contributed by atoms with Crippen LogP contribution >= 0.6 is 23.6 Å². The molecule has 1 aromatic heterocycles. The molecule has 30 heavy (non-hydrogen) atoms. The Hall–Kier alpha value is -3.29. The van der Waals surface area contributed by atoms with Gasteiger partial charge in [0, 0.05) is 16.5 Å². The van der Waals surface area contributed by atoms with Gasteiger partial charge in [-0.2, -0.15) is 0 Å². The number of nitrogens with zero attached hydrogens (tertiary/aromatic N) is 1. The highest BCUT2D eigenvalue weighted by atomic mass is 32.1. The molecule has 150 valence electrons. The molecule has 0 saturated carbocycles. The largest absolute Gasteiger partial charge is 0.494 e. The van der Waals surface area contributed by atoms with E-state index in [9.17, 15) is 4.79 Å². The number of carbonyl (C=O) groups is 1. The molecule has 0 bridgehead atoms. The Bertz CT molecular complexity index is 1220. The van der Waals surface area contributed by atoms with Crippen LogP contribution in [0, 0.1) is 0 Å². The number of anilines is 1. The highest BCUT2D eigenvalue weighted by Crippen LogP contribution is 2.27. The summed E-state index contributed by atoms with van der Waals surface area (Å²) in [4.78, 5) is 17.0. The van der Waals surface area contributed by atoms with E-state index in [0.717, 1.165) is 16.6 Å². The molecule has 0 unspecified atom stereocenters. The second-order valence-corrected chi connectivity index (χ2v) is 7.74. The third-order valence-electron chi connectivity index (χ3n) is 4.40. The van der Waals surface area contributed by atoms with Crippen LogP contribution in [-0.2, 0) is 0 Å². The fourth-order valence-corrected chi connectivity index (χ4v) is 3.99. The predicted octanol–water partition coefficient (Wildman–Crippen LogP) is 5.49. The molecule has 0 aliphatic carbocycles. The smallest absolute Gasteiger partial charge is 0.257 e. The number of nitrogens with one attached hydrogen (secondary N) is 2. The molecule has 2 N–H and O–H groups in total. The van der Waals surface area contributed by atoms with Crippen molar-refractivity contribution in [3.8, 4) is 17.0 Å². The first-order chi connectivity index (χ1) is 14.6. The molecular weight excluding hydrogens is 414 g/mol. The van der Waals surface area contributed by atoms with Crippen molar-refractivity contribution >= 4 is 50.5 Å².